The van der Waals surface area contributed by atoms with E-state index in [2.05, 4.69) is 50.2 Å². The zero-order chi connectivity index (χ0) is 17.5. The van der Waals surface area contributed by atoms with E-state index in [1.54, 1.807) is 0 Å². The van der Waals surface area contributed by atoms with Gasteiger partial charge in [-0.15, -0.1) is 0 Å². The number of rotatable bonds is 0. The Balaban J connectivity index is 2.09. The molecule has 0 bridgehead atoms. The third-order valence-electron chi connectivity index (χ3n) is 5.38. The van der Waals surface area contributed by atoms with E-state index in [-0.39, 0.29) is 0 Å². The lowest BCUT2D eigenvalue weighted by molar-refractivity contribution is 1.47. The lowest BCUT2D eigenvalue weighted by Crippen LogP contribution is -1.93. The lowest BCUT2D eigenvalue weighted by atomic mass is 9.89. The Hall–Kier alpha value is -1.73. The molecule has 3 heteroatoms. The second-order valence-electron chi connectivity index (χ2n) is 6.62. The molecule has 122 valence electrons. The van der Waals surface area contributed by atoms with Crippen molar-refractivity contribution in [2.45, 2.75) is 13.8 Å². The van der Waals surface area contributed by atoms with E-state index in [0.29, 0.717) is 15.1 Å². The maximum atomic E-state index is 6.61. The molecular formula is C22H13Cl3. The third kappa shape index (κ3) is 1.85. The first-order valence-corrected chi connectivity index (χ1v) is 9.27. The highest BCUT2D eigenvalue weighted by Gasteiger charge is 2.27. The van der Waals surface area contributed by atoms with Crippen LogP contribution >= 0.6 is 34.8 Å². The Morgan fingerprint density at radius 3 is 1.92 bits per heavy atom. The first-order chi connectivity index (χ1) is 12.0. The Morgan fingerprint density at radius 1 is 0.680 bits per heavy atom. The summed E-state index contributed by atoms with van der Waals surface area (Å²) in [4.78, 5) is 0. The zero-order valence-corrected chi connectivity index (χ0v) is 15.9. The van der Waals surface area contributed by atoms with Crippen molar-refractivity contribution in [3.8, 4) is 22.3 Å². The van der Waals surface area contributed by atoms with Crippen molar-refractivity contribution in [2.75, 3.05) is 0 Å². The molecule has 0 radical (unpaired) electrons. The van der Waals surface area contributed by atoms with Crippen LogP contribution in [0.15, 0.2) is 42.5 Å². The van der Waals surface area contributed by atoms with Crippen LogP contribution in [0.3, 0.4) is 0 Å². The summed E-state index contributed by atoms with van der Waals surface area (Å²) < 4.78 is 0. The van der Waals surface area contributed by atoms with Crippen LogP contribution in [0.4, 0.5) is 0 Å². The number of halogens is 3. The topological polar surface area (TPSA) is 0 Å². The average Bonchev–Trinajstić information content (AvgIpc) is 2.95. The molecule has 0 aromatic heterocycles. The monoisotopic (exact) mass is 382 g/mol. The molecule has 0 saturated carbocycles. The quantitative estimate of drug-likeness (QED) is 0.236. The number of fused-ring (bicyclic) bond motifs is 4. The van der Waals surface area contributed by atoms with Crippen molar-refractivity contribution in [2.24, 2.45) is 0 Å². The molecule has 1 aliphatic carbocycles. The zero-order valence-electron chi connectivity index (χ0n) is 13.7. The first-order valence-electron chi connectivity index (χ1n) is 8.13. The largest absolute Gasteiger partial charge is 0.0826 e. The highest BCUT2D eigenvalue weighted by molar-refractivity contribution is 6.51. The van der Waals surface area contributed by atoms with Crippen molar-refractivity contribution in [1.82, 2.24) is 0 Å². The van der Waals surface area contributed by atoms with Crippen LogP contribution in [-0.2, 0) is 0 Å². The minimum atomic E-state index is 0.423. The van der Waals surface area contributed by atoms with Crippen LogP contribution < -0.4 is 0 Å². The molecular weight excluding hydrogens is 371 g/mol. The van der Waals surface area contributed by atoms with Gasteiger partial charge in [0.05, 0.1) is 15.1 Å². The minimum absolute atomic E-state index is 0.423. The molecule has 0 aliphatic heterocycles. The summed E-state index contributed by atoms with van der Waals surface area (Å²) in [6, 6.07) is 14.9. The Morgan fingerprint density at radius 2 is 1.28 bits per heavy atom. The summed E-state index contributed by atoms with van der Waals surface area (Å²) in [6.45, 7) is 4.27. The Bertz CT molecular complexity index is 1230. The molecule has 4 aromatic rings. The molecule has 0 amide bonds. The van der Waals surface area contributed by atoms with Crippen molar-refractivity contribution in [1.29, 1.82) is 0 Å². The normalized spacial score (nSPS) is 12.2. The van der Waals surface area contributed by atoms with Crippen molar-refractivity contribution >= 4 is 56.3 Å². The van der Waals surface area contributed by atoms with Gasteiger partial charge in [-0.25, -0.2) is 0 Å². The first kappa shape index (κ1) is 15.5. The van der Waals surface area contributed by atoms with E-state index in [1.807, 2.05) is 6.07 Å². The van der Waals surface area contributed by atoms with Crippen molar-refractivity contribution in [3.05, 3.63) is 68.7 Å². The molecule has 5 rings (SSSR count). The number of hydrogen-bond donors (Lipinski definition) is 0. The van der Waals surface area contributed by atoms with Crippen molar-refractivity contribution < 1.29 is 0 Å². The van der Waals surface area contributed by atoms with Gasteiger partial charge in [0.15, 0.2) is 0 Å². The van der Waals surface area contributed by atoms with E-state index < -0.39 is 0 Å². The van der Waals surface area contributed by atoms with Gasteiger partial charge in [-0.05, 0) is 69.5 Å². The molecule has 0 N–H and O–H groups in total. The molecule has 1 aliphatic rings. The highest BCUT2D eigenvalue weighted by atomic mass is 35.5. The molecule has 0 nitrogen and oxygen atoms in total. The SMILES string of the molecule is Cc1c2c(c(C)c3c(Cl)c(Cl)c(Cl)cc13)-c1cccc3cccc-2c13. The standard InChI is InChI=1S/C22H13Cl3/c1-10-15-9-16(23)21(24)22(25)19(15)11(2)18-14-8-4-6-12-5-3-7-13(17(10)18)20(12)14/h3-9H,1-2H3. The average molecular weight is 384 g/mol. The highest BCUT2D eigenvalue weighted by Crippen LogP contribution is 2.54. The molecule has 0 heterocycles. The maximum absolute atomic E-state index is 6.61. The van der Waals surface area contributed by atoms with E-state index in [1.165, 1.54) is 38.6 Å². The van der Waals surface area contributed by atoms with Crippen LogP contribution in [0.5, 0.6) is 0 Å². The summed E-state index contributed by atoms with van der Waals surface area (Å²) >= 11 is 19.3. The van der Waals surface area contributed by atoms with Gasteiger partial charge in [0.1, 0.15) is 0 Å². The summed E-state index contributed by atoms with van der Waals surface area (Å²) in [5.74, 6) is 0. The number of hydrogen-bond acceptors (Lipinski definition) is 0. The van der Waals surface area contributed by atoms with Crippen LogP contribution in [0.25, 0.3) is 43.8 Å². The second kappa shape index (κ2) is 5.14. The molecule has 25 heavy (non-hydrogen) atoms. The van der Waals surface area contributed by atoms with Crippen molar-refractivity contribution in [3.63, 3.8) is 0 Å². The predicted molar refractivity (Wildman–Crippen MR) is 110 cm³/mol. The Kier molecular flexibility index (Phi) is 3.19. The van der Waals surface area contributed by atoms with E-state index in [9.17, 15) is 0 Å². The smallest absolute Gasteiger partial charge is 0.0785 e. The predicted octanol–water partition coefficient (Wildman–Crippen LogP) is 8.22. The van der Waals surface area contributed by atoms with Crippen LogP contribution in [-0.4, -0.2) is 0 Å². The Labute approximate surface area is 160 Å². The van der Waals surface area contributed by atoms with Crippen LogP contribution in [0, 0.1) is 13.8 Å². The van der Waals surface area contributed by atoms with Crippen LogP contribution in [0.2, 0.25) is 15.1 Å². The summed E-state index contributed by atoms with van der Waals surface area (Å²) in [5, 5.41) is 6.10. The number of aryl methyl sites for hydroxylation is 2. The van der Waals surface area contributed by atoms with Gasteiger partial charge in [0.25, 0.3) is 0 Å². The van der Waals surface area contributed by atoms with Gasteiger partial charge in [-0.3, -0.25) is 0 Å². The molecule has 0 saturated heterocycles. The fourth-order valence-electron chi connectivity index (χ4n) is 4.32. The molecule has 0 atom stereocenters. The fourth-order valence-corrected chi connectivity index (χ4v) is 5.07. The van der Waals surface area contributed by atoms with Crippen LogP contribution in [0.1, 0.15) is 11.1 Å². The van der Waals surface area contributed by atoms with E-state index >= 15 is 0 Å². The summed E-state index contributed by atoms with van der Waals surface area (Å²) in [5.41, 5.74) is 7.45. The fraction of sp³-hybridized carbons (Fsp3) is 0.0909. The van der Waals surface area contributed by atoms with E-state index in [0.717, 1.165) is 16.3 Å². The minimum Gasteiger partial charge on any atom is -0.0826 e. The van der Waals surface area contributed by atoms with Gasteiger partial charge in [0.2, 0.25) is 0 Å². The van der Waals surface area contributed by atoms with Gasteiger partial charge < -0.3 is 0 Å². The molecule has 0 fully saturated rings. The maximum Gasteiger partial charge on any atom is 0.0785 e. The van der Waals surface area contributed by atoms with Gasteiger partial charge >= 0.3 is 0 Å². The molecule has 0 spiro atoms. The van der Waals surface area contributed by atoms with E-state index in [4.69, 9.17) is 34.8 Å². The summed E-state index contributed by atoms with van der Waals surface area (Å²) in [7, 11) is 0. The molecule has 4 aromatic carbocycles. The van der Waals surface area contributed by atoms with Gasteiger partial charge in [-0.1, -0.05) is 71.2 Å². The van der Waals surface area contributed by atoms with Gasteiger partial charge in [0, 0.05) is 5.39 Å². The second-order valence-corrected chi connectivity index (χ2v) is 7.78. The van der Waals surface area contributed by atoms with Gasteiger partial charge in [-0.2, -0.15) is 0 Å². The molecule has 0 unspecified atom stereocenters. The summed E-state index contributed by atoms with van der Waals surface area (Å²) in [6.07, 6.45) is 0. The lowest BCUT2D eigenvalue weighted by Gasteiger charge is -2.17. The third-order valence-corrected chi connectivity index (χ3v) is 6.65. The number of benzene rings is 4.